The molecule has 0 saturated carbocycles. The molecule has 1 aliphatic heterocycles. The number of halogens is 2. The standard InChI is InChI=1S/C42H46Si.2ClH.Zr/c1-9-29-17-21-31(22-18-29)35-15-11-13-33-25-37(27(3)4)41(39(33)35)43(7,8)42-38(28(5)6)26-34-14-12-16-36(40(34)42)32-23-19-30(10-2)20-24-32;;;/h11-28H,9-10H2,1-8H3;2*1H;/q;;;+2/p-2. The Bertz CT molecular complexity index is 1690. The molecular formula is C42H46Cl2SiZr. The fourth-order valence-electron chi connectivity index (χ4n) is 8.65. The first-order chi connectivity index (χ1) is 21.2. The summed E-state index contributed by atoms with van der Waals surface area (Å²) in [4.78, 5) is 0. The second-order valence-corrected chi connectivity index (χ2v) is 22.2. The van der Waals surface area contributed by atoms with Gasteiger partial charge in [-0.3, -0.25) is 0 Å². The number of hydrogen-bond donors (Lipinski definition) is 0. The maximum atomic E-state index is 2.71. The third kappa shape index (κ3) is 5.44. The minimum Gasteiger partial charge on any atom is -1.00 e. The summed E-state index contributed by atoms with van der Waals surface area (Å²) in [6.07, 6.45) is 2.17. The van der Waals surface area contributed by atoms with Gasteiger partial charge >= 0.3 is 280 Å². The molecule has 2 atom stereocenters. The molecule has 4 aromatic rings. The van der Waals surface area contributed by atoms with Crippen LogP contribution in [0.5, 0.6) is 0 Å². The molecule has 3 aliphatic rings. The Morgan fingerprint density at radius 3 is 1.26 bits per heavy atom. The van der Waals surface area contributed by atoms with Crippen LogP contribution in [0.3, 0.4) is 0 Å². The van der Waals surface area contributed by atoms with E-state index in [4.69, 9.17) is 0 Å². The monoisotopic (exact) mass is 738 g/mol. The van der Waals surface area contributed by atoms with Crippen molar-refractivity contribution in [3.05, 3.63) is 129 Å². The normalized spacial score (nSPS) is 18.7. The largest absolute Gasteiger partial charge is 1.00 e. The van der Waals surface area contributed by atoms with Gasteiger partial charge in [-0.05, 0) is 0 Å². The molecule has 0 nitrogen and oxygen atoms in total. The van der Waals surface area contributed by atoms with Gasteiger partial charge in [-0.2, -0.15) is 0 Å². The second-order valence-electron chi connectivity index (χ2n) is 14.3. The molecule has 236 valence electrons. The summed E-state index contributed by atoms with van der Waals surface area (Å²) in [6, 6.07) is 33.6. The first-order valence-corrected chi connectivity index (χ1v) is 22.7. The summed E-state index contributed by atoms with van der Waals surface area (Å²) in [5, 5.41) is 3.55. The number of fused-ring (bicyclic) bond motifs is 8. The summed E-state index contributed by atoms with van der Waals surface area (Å²) in [7, 11) is -2.18. The van der Waals surface area contributed by atoms with Crippen molar-refractivity contribution in [2.75, 3.05) is 0 Å². The first kappa shape index (κ1) is 35.3. The van der Waals surface area contributed by atoms with E-state index in [1.165, 1.54) is 33.4 Å². The Labute approximate surface area is 302 Å². The van der Waals surface area contributed by atoms with Gasteiger partial charge in [-0.1, -0.05) is 0 Å². The van der Waals surface area contributed by atoms with E-state index in [0.29, 0.717) is 19.1 Å². The molecule has 2 aliphatic carbocycles. The summed E-state index contributed by atoms with van der Waals surface area (Å²) in [5.41, 5.74) is 18.7. The second kappa shape index (κ2) is 13.5. The van der Waals surface area contributed by atoms with E-state index in [1.807, 2.05) is 11.1 Å². The summed E-state index contributed by atoms with van der Waals surface area (Å²) in [5.74, 6) is 1.13. The van der Waals surface area contributed by atoms with Crippen LogP contribution in [-0.2, 0) is 36.1 Å². The fraction of sp³-hybridized carbons (Fsp3) is 0.333. The van der Waals surface area contributed by atoms with Crippen LogP contribution in [0.15, 0.2) is 96.1 Å². The Morgan fingerprint density at radius 2 is 0.935 bits per heavy atom. The molecule has 0 radical (unpaired) electrons. The molecule has 2 unspecified atom stereocenters. The third-order valence-corrected chi connectivity index (χ3v) is 19.0. The Kier molecular flexibility index (Phi) is 10.4. The minimum absolute atomic E-state index is 0. The first-order valence-electron chi connectivity index (χ1n) is 16.9. The smallest absolute Gasteiger partial charge is 1.00 e. The van der Waals surface area contributed by atoms with Gasteiger partial charge < -0.3 is 24.8 Å². The van der Waals surface area contributed by atoms with E-state index in [1.54, 1.807) is 32.6 Å². The van der Waals surface area contributed by atoms with Crippen molar-refractivity contribution in [2.45, 2.75) is 74.7 Å². The summed E-state index contributed by atoms with van der Waals surface area (Å²) >= 11 is -0.984. The van der Waals surface area contributed by atoms with E-state index in [-0.39, 0.29) is 24.8 Å². The van der Waals surface area contributed by atoms with Gasteiger partial charge in [0.1, 0.15) is 0 Å². The van der Waals surface area contributed by atoms with Crippen molar-refractivity contribution in [1.82, 2.24) is 0 Å². The predicted molar refractivity (Wildman–Crippen MR) is 189 cm³/mol. The molecule has 7 rings (SSSR count). The third-order valence-electron chi connectivity index (χ3n) is 10.7. The van der Waals surface area contributed by atoms with Crippen LogP contribution in [0.1, 0.15) is 82.2 Å². The Balaban J connectivity index is 0.00000208. The van der Waals surface area contributed by atoms with Crippen molar-refractivity contribution >= 4 is 18.5 Å². The van der Waals surface area contributed by atoms with Crippen LogP contribution >= 0.6 is 0 Å². The maximum Gasteiger partial charge on any atom is -1.00 e. The number of benzene rings is 4. The molecule has 0 saturated heterocycles. The zero-order valence-electron chi connectivity index (χ0n) is 28.6. The van der Waals surface area contributed by atoms with E-state index in [0.717, 1.165) is 12.8 Å². The molecule has 0 spiro atoms. The van der Waals surface area contributed by atoms with Crippen molar-refractivity contribution in [1.29, 1.82) is 0 Å². The average molecular weight is 741 g/mol. The van der Waals surface area contributed by atoms with Gasteiger partial charge in [0.25, 0.3) is 0 Å². The zero-order chi connectivity index (χ0) is 30.9. The number of allylic oxidation sites excluding steroid dienone is 2. The van der Waals surface area contributed by atoms with Crippen LogP contribution in [0.4, 0.5) is 0 Å². The molecular weight excluding hydrogens is 695 g/mol. The SMILES string of the molecule is CCc1ccc(-c2cccc3c2C2=C(C(C)C)[CH]3[Zr+2][CH]3C(C(C)C)=C(c4c(-c5ccc(CC)cc5)cccc43)[Si]2(C)C)cc1.[Cl-].[Cl-]. The van der Waals surface area contributed by atoms with Crippen LogP contribution in [-0.4, -0.2) is 8.07 Å². The number of hydrogen-bond acceptors (Lipinski definition) is 0. The van der Waals surface area contributed by atoms with E-state index >= 15 is 0 Å². The maximum absolute atomic E-state index is 2.71. The fourth-order valence-corrected chi connectivity index (χ4v) is 19.8. The van der Waals surface area contributed by atoms with Gasteiger partial charge in [0.05, 0.1) is 0 Å². The molecule has 0 amide bonds. The molecule has 4 aromatic carbocycles. The molecule has 1 heterocycles. The van der Waals surface area contributed by atoms with Gasteiger partial charge in [0.15, 0.2) is 0 Å². The Hall–Kier alpha value is -1.96. The van der Waals surface area contributed by atoms with Crippen LogP contribution in [0, 0.1) is 11.8 Å². The predicted octanol–water partition coefficient (Wildman–Crippen LogP) is 5.67. The number of rotatable bonds is 6. The zero-order valence-corrected chi connectivity index (χ0v) is 33.5. The minimum atomic E-state index is -2.18. The van der Waals surface area contributed by atoms with Crippen molar-refractivity contribution in [3.63, 3.8) is 0 Å². The van der Waals surface area contributed by atoms with E-state index in [2.05, 4.69) is 140 Å². The van der Waals surface area contributed by atoms with E-state index < -0.39 is 31.3 Å². The van der Waals surface area contributed by atoms with Crippen molar-refractivity contribution in [3.8, 4) is 22.3 Å². The Morgan fingerprint density at radius 1 is 0.565 bits per heavy atom. The molecule has 4 bridgehead atoms. The molecule has 0 N–H and O–H groups in total. The van der Waals surface area contributed by atoms with Crippen LogP contribution in [0.25, 0.3) is 32.6 Å². The quantitative estimate of drug-likeness (QED) is 0.224. The van der Waals surface area contributed by atoms with Gasteiger partial charge in [-0.25, -0.2) is 0 Å². The molecule has 0 aromatic heterocycles. The van der Waals surface area contributed by atoms with E-state index in [9.17, 15) is 0 Å². The van der Waals surface area contributed by atoms with Gasteiger partial charge in [0, 0.05) is 0 Å². The molecule has 4 heteroatoms. The summed E-state index contributed by atoms with van der Waals surface area (Å²) < 4.78 is 1.29. The average Bonchev–Trinajstić information content (AvgIpc) is 3.57. The molecule has 46 heavy (non-hydrogen) atoms. The van der Waals surface area contributed by atoms with Crippen LogP contribution < -0.4 is 24.8 Å². The summed E-state index contributed by atoms with van der Waals surface area (Å²) in [6.45, 7) is 19.9. The molecule has 0 fully saturated rings. The van der Waals surface area contributed by atoms with Crippen molar-refractivity contribution in [2.24, 2.45) is 11.8 Å². The van der Waals surface area contributed by atoms with Crippen molar-refractivity contribution < 1.29 is 48.0 Å². The topological polar surface area (TPSA) is 0 Å². The van der Waals surface area contributed by atoms with Gasteiger partial charge in [-0.15, -0.1) is 0 Å². The van der Waals surface area contributed by atoms with Gasteiger partial charge in [0.2, 0.25) is 0 Å². The number of aryl methyl sites for hydroxylation is 2. The van der Waals surface area contributed by atoms with Crippen LogP contribution in [0.2, 0.25) is 13.1 Å².